The minimum absolute atomic E-state index is 0.191. The summed E-state index contributed by atoms with van der Waals surface area (Å²) in [6.07, 6.45) is 0. The van der Waals surface area contributed by atoms with Gasteiger partial charge in [-0.2, -0.15) is 4.98 Å². The van der Waals surface area contributed by atoms with Gasteiger partial charge in [0.1, 0.15) is 11.1 Å². The van der Waals surface area contributed by atoms with Crippen LogP contribution in [-0.4, -0.2) is 29.6 Å². The van der Waals surface area contributed by atoms with Crippen LogP contribution in [0.2, 0.25) is 5.02 Å². The van der Waals surface area contributed by atoms with Gasteiger partial charge in [0.25, 0.3) is 0 Å². The smallest absolute Gasteiger partial charge is 0.222 e. The summed E-state index contributed by atoms with van der Waals surface area (Å²) in [5, 5.41) is 4.61. The Morgan fingerprint density at radius 3 is 3.05 bits per heavy atom. The lowest BCUT2D eigenvalue weighted by Gasteiger charge is -2.30. The van der Waals surface area contributed by atoms with Crippen LogP contribution in [0.3, 0.4) is 0 Å². The molecule has 2 aromatic heterocycles. The Kier molecular flexibility index (Phi) is 2.95. The van der Waals surface area contributed by atoms with Crippen molar-refractivity contribution in [3.05, 3.63) is 35.5 Å². The summed E-state index contributed by atoms with van der Waals surface area (Å²) in [5.41, 5.74) is 8.70. The van der Waals surface area contributed by atoms with Crippen LogP contribution in [0.4, 0.5) is 11.8 Å². The highest BCUT2D eigenvalue weighted by molar-refractivity contribution is 6.37. The van der Waals surface area contributed by atoms with Crippen molar-refractivity contribution in [2.75, 3.05) is 30.3 Å². The summed E-state index contributed by atoms with van der Waals surface area (Å²) in [5.74, 6) is 0.831. The quantitative estimate of drug-likeness (QED) is 0.718. The lowest BCUT2D eigenvalue weighted by atomic mass is 10.2. The number of halogens is 1. The Hall–Kier alpha value is -2.31. The molecule has 1 aliphatic heterocycles. The molecule has 0 atom stereocenters. The predicted octanol–water partition coefficient (Wildman–Crippen LogP) is 2.53. The highest BCUT2D eigenvalue weighted by Gasteiger charge is 2.23. The largest absolute Gasteiger partial charge is 0.450 e. The number of benzene rings is 1. The number of nitrogens with one attached hydrogen (secondary N) is 1. The predicted molar refractivity (Wildman–Crippen MR) is 88.1 cm³/mol. The molecule has 6 nitrogen and oxygen atoms in total. The summed E-state index contributed by atoms with van der Waals surface area (Å²) in [7, 11) is 0. The van der Waals surface area contributed by atoms with E-state index in [-0.39, 0.29) is 5.95 Å². The number of rotatable bonds is 1. The molecular weight excluding hydrogens is 302 g/mol. The zero-order valence-corrected chi connectivity index (χ0v) is 12.5. The van der Waals surface area contributed by atoms with E-state index in [1.807, 2.05) is 17.0 Å². The van der Waals surface area contributed by atoms with Crippen molar-refractivity contribution in [2.45, 2.75) is 0 Å². The molecule has 0 amide bonds. The lowest BCUT2D eigenvalue weighted by Crippen LogP contribution is -2.41. The van der Waals surface area contributed by atoms with Crippen molar-refractivity contribution in [3.63, 3.8) is 0 Å². The van der Waals surface area contributed by atoms with Crippen molar-refractivity contribution >= 4 is 45.4 Å². The number of hydrogen-bond acceptors (Lipinski definition) is 6. The van der Waals surface area contributed by atoms with Crippen LogP contribution in [0, 0.1) is 0 Å². The van der Waals surface area contributed by atoms with E-state index in [4.69, 9.17) is 21.8 Å². The number of piperazine rings is 1. The number of hydrogen-bond donors (Lipinski definition) is 2. The van der Waals surface area contributed by atoms with Crippen LogP contribution in [0.25, 0.3) is 22.1 Å². The standard InChI is InChI=1S/C15H14ClN5O/c1-8-7-18-5-6-21(8)14-13-12(19-15(17)20-14)11-9(16)3-2-4-10(11)22-13/h2-4,18H,1,5-7H2,(H2,17,19,20). The summed E-state index contributed by atoms with van der Waals surface area (Å²) in [4.78, 5) is 10.7. The van der Waals surface area contributed by atoms with Gasteiger partial charge in [-0.3, -0.25) is 0 Å². The maximum atomic E-state index is 6.29. The molecule has 1 aromatic carbocycles. The molecule has 1 saturated heterocycles. The minimum Gasteiger partial charge on any atom is -0.450 e. The molecule has 7 heteroatoms. The van der Waals surface area contributed by atoms with Gasteiger partial charge in [-0.05, 0) is 12.1 Å². The molecule has 4 rings (SSSR count). The third kappa shape index (κ3) is 1.92. The first-order valence-corrected chi connectivity index (χ1v) is 7.33. The van der Waals surface area contributed by atoms with E-state index in [1.165, 1.54) is 0 Å². The molecular formula is C15H14ClN5O. The molecule has 0 radical (unpaired) electrons. The van der Waals surface area contributed by atoms with Gasteiger partial charge in [0.05, 0.1) is 10.4 Å². The van der Waals surface area contributed by atoms with Gasteiger partial charge < -0.3 is 20.4 Å². The van der Waals surface area contributed by atoms with E-state index >= 15 is 0 Å². The number of fused-ring (bicyclic) bond motifs is 3. The second kappa shape index (κ2) is 4.86. The lowest BCUT2D eigenvalue weighted by molar-refractivity contribution is 0.630. The van der Waals surface area contributed by atoms with Crippen molar-refractivity contribution < 1.29 is 4.42 Å². The van der Waals surface area contributed by atoms with E-state index in [1.54, 1.807) is 6.07 Å². The summed E-state index contributed by atoms with van der Waals surface area (Å²) in [6, 6.07) is 5.50. The molecule has 1 aliphatic rings. The van der Waals surface area contributed by atoms with Crippen LogP contribution in [0.15, 0.2) is 34.9 Å². The van der Waals surface area contributed by atoms with Crippen molar-refractivity contribution in [1.29, 1.82) is 0 Å². The maximum absolute atomic E-state index is 6.29. The van der Waals surface area contributed by atoms with E-state index in [0.29, 0.717) is 34.1 Å². The average molecular weight is 316 g/mol. The Balaban J connectivity index is 2.04. The third-order valence-electron chi connectivity index (χ3n) is 3.77. The number of furan rings is 1. The first-order chi connectivity index (χ1) is 10.6. The SMILES string of the molecule is C=C1CNCCN1c1nc(N)nc2c1oc1cccc(Cl)c12. The van der Waals surface area contributed by atoms with Gasteiger partial charge in [0, 0.05) is 25.3 Å². The molecule has 0 aliphatic carbocycles. The summed E-state index contributed by atoms with van der Waals surface area (Å²) < 4.78 is 5.95. The topological polar surface area (TPSA) is 80.2 Å². The molecule has 0 bridgehead atoms. The Morgan fingerprint density at radius 1 is 1.36 bits per heavy atom. The minimum atomic E-state index is 0.191. The van der Waals surface area contributed by atoms with Gasteiger partial charge in [0.15, 0.2) is 11.4 Å². The van der Waals surface area contributed by atoms with E-state index in [2.05, 4.69) is 21.9 Å². The molecule has 3 heterocycles. The van der Waals surface area contributed by atoms with Crippen molar-refractivity contribution in [3.8, 4) is 0 Å². The maximum Gasteiger partial charge on any atom is 0.222 e. The number of nitrogen functional groups attached to an aromatic ring is 1. The zero-order valence-electron chi connectivity index (χ0n) is 11.8. The molecule has 0 unspecified atom stereocenters. The van der Waals surface area contributed by atoms with Crippen LogP contribution in [-0.2, 0) is 0 Å². The number of aromatic nitrogens is 2. The fourth-order valence-corrected chi connectivity index (χ4v) is 3.02. The van der Waals surface area contributed by atoms with Crippen LogP contribution < -0.4 is 16.0 Å². The molecule has 0 saturated carbocycles. The summed E-state index contributed by atoms with van der Waals surface area (Å²) in [6.45, 7) is 6.36. The number of nitrogens with two attached hydrogens (primary N) is 1. The third-order valence-corrected chi connectivity index (χ3v) is 4.08. The fraction of sp³-hybridized carbons (Fsp3) is 0.200. The second-order valence-electron chi connectivity index (χ2n) is 5.19. The van der Waals surface area contributed by atoms with E-state index < -0.39 is 0 Å². The average Bonchev–Trinajstić information content (AvgIpc) is 2.87. The molecule has 1 fully saturated rings. The molecule has 3 aromatic rings. The molecule has 22 heavy (non-hydrogen) atoms. The fourth-order valence-electron chi connectivity index (χ4n) is 2.76. The van der Waals surface area contributed by atoms with Crippen molar-refractivity contribution in [1.82, 2.24) is 15.3 Å². The highest BCUT2D eigenvalue weighted by atomic mass is 35.5. The monoisotopic (exact) mass is 315 g/mol. The van der Waals surface area contributed by atoms with Gasteiger partial charge >= 0.3 is 0 Å². The molecule has 112 valence electrons. The van der Waals surface area contributed by atoms with Gasteiger partial charge in [-0.25, -0.2) is 4.98 Å². The van der Waals surface area contributed by atoms with Gasteiger partial charge in [-0.15, -0.1) is 0 Å². The summed E-state index contributed by atoms with van der Waals surface area (Å²) >= 11 is 6.29. The normalized spacial score (nSPS) is 15.9. The van der Waals surface area contributed by atoms with Crippen LogP contribution >= 0.6 is 11.6 Å². The Bertz CT molecular complexity index is 904. The molecule has 0 spiro atoms. The number of nitrogens with zero attached hydrogens (tertiary/aromatic N) is 3. The molecule has 3 N–H and O–H groups in total. The van der Waals surface area contributed by atoms with Gasteiger partial charge in [0.2, 0.25) is 5.95 Å². The van der Waals surface area contributed by atoms with Gasteiger partial charge in [-0.1, -0.05) is 24.2 Å². The zero-order chi connectivity index (χ0) is 15.3. The van der Waals surface area contributed by atoms with Crippen molar-refractivity contribution in [2.24, 2.45) is 0 Å². The second-order valence-corrected chi connectivity index (χ2v) is 5.60. The van der Waals surface area contributed by atoms with E-state index in [0.717, 1.165) is 24.2 Å². The first-order valence-electron chi connectivity index (χ1n) is 6.95. The van der Waals surface area contributed by atoms with Crippen LogP contribution in [0.5, 0.6) is 0 Å². The Labute approximate surface area is 131 Å². The first kappa shape index (κ1) is 13.4. The van der Waals surface area contributed by atoms with Crippen LogP contribution in [0.1, 0.15) is 0 Å². The number of anilines is 2. The Morgan fingerprint density at radius 2 is 2.23 bits per heavy atom. The highest BCUT2D eigenvalue weighted by Crippen LogP contribution is 2.37. The van der Waals surface area contributed by atoms with E-state index in [9.17, 15) is 0 Å².